The Morgan fingerprint density at radius 1 is 0.131 bits per heavy atom. The largest absolute Gasteiger partial charge is 0.309 e. The Hall–Kier alpha value is -16.6. The predicted octanol–water partition coefficient (Wildman–Crippen LogP) is 28.3. The first-order valence-electron chi connectivity index (χ1n) is 41.2. The van der Waals surface area contributed by atoms with Gasteiger partial charge in [0, 0.05) is 98.9 Å². The zero-order valence-electron chi connectivity index (χ0n) is 66.0. The minimum Gasteiger partial charge on any atom is -0.309 e. The van der Waals surface area contributed by atoms with Crippen molar-refractivity contribution in [1.29, 1.82) is 0 Å². The van der Waals surface area contributed by atoms with Gasteiger partial charge in [-0.3, -0.25) is 0 Å². The van der Waals surface area contributed by atoms with Crippen LogP contribution in [0.2, 0.25) is 0 Å². The van der Waals surface area contributed by atoms with Crippen molar-refractivity contribution in [2.24, 2.45) is 0 Å². The number of benzene rings is 18. The molecule has 0 amide bonds. The number of hydrogen-bond acceptors (Lipinski definition) is 6. The molecule has 570 valence electrons. The van der Waals surface area contributed by atoms with Crippen LogP contribution in [0.25, 0.3) is 222 Å². The Kier molecular flexibility index (Phi) is 17.3. The second kappa shape index (κ2) is 29.9. The number of fused-ring (bicyclic) bond motifs is 13. The van der Waals surface area contributed by atoms with E-state index in [4.69, 9.17) is 29.9 Å². The Balaban J connectivity index is 0.000000142. The molecule has 6 heterocycles. The number of para-hydroxylation sites is 4. The maximum Gasteiger partial charge on any atom is 0.164 e. The smallest absolute Gasteiger partial charge is 0.164 e. The minimum absolute atomic E-state index is 0.635. The highest BCUT2D eigenvalue weighted by atomic mass is 15.1. The van der Waals surface area contributed by atoms with Gasteiger partial charge in [-0.2, -0.15) is 0 Å². The fourth-order valence-electron chi connectivity index (χ4n) is 17.9. The number of aromatic nitrogens is 10. The highest BCUT2D eigenvalue weighted by molar-refractivity contribution is 6.15. The lowest BCUT2D eigenvalue weighted by Crippen LogP contribution is -2.00. The summed E-state index contributed by atoms with van der Waals surface area (Å²) >= 11 is 0. The van der Waals surface area contributed by atoms with Gasteiger partial charge < -0.3 is 18.3 Å². The van der Waals surface area contributed by atoms with Gasteiger partial charge in [-0.05, 0) is 166 Å². The lowest BCUT2D eigenvalue weighted by Gasteiger charge is -2.12. The average molecular weight is 1560 g/mol. The van der Waals surface area contributed by atoms with E-state index in [1.807, 2.05) is 121 Å². The van der Waals surface area contributed by atoms with E-state index in [1.54, 1.807) is 0 Å². The molecule has 0 N–H and O–H groups in total. The molecule has 0 aliphatic carbocycles. The van der Waals surface area contributed by atoms with E-state index in [2.05, 4.69) is 334 Å². The first-order chi connectivity index (χ1) is 60.5. The molecule has 0 bridgehead atoms. The predicted molar refractivity (Wildman–Crippen MR) is 503 cm³/mol. The maximum absolute atomic E-state index is 4.97. The summed E-state index contributed by atoms with van der Waals surface area (Å²) in [5.41, 5.74) is 26.6. The van der Waals surface area contributed by atoms with Crippen molar-refractivity contribution < 1.29 is 0 Å². The maximum atomic E-state index is 4.97. The van der Waals surface area contributed by atoms with Crippen LogP contribution in [-0.4, -0.2) is 48.2 Å². The molecular formula is C112H72N10. The molecule has 0 aliphatic heterocycles. The molecule has 122 heavy (non-hydrogen) atoms. The molecule has 0 radical (unpaired) electrons. The molecule has 0 saturated heterocycles. The molecule has 0 spiro atoms. The lowest BCUT2D eigenvalue weighted by atomic mass is 10.0. The monoisotopic (exact) mass is 1560 g/mol. The van der Waals surface area contributed by atoms with Crippen LogP contribution in [0.5, 0.6) is 0 Å². The van der Waals surface area contributed by atoms with Gasteiger partial charge in [-0.15, -0.1) is 0 Å². The molecule has 18 aromatic carbocycles. The number of rotatable bonds is 13. The molecule has 24 rings (SSSR count). The Morgan fingerprint density at radius 2 is 0.369 bits per heavy atom. The van der Waals surface area contributed by atoms with E-state index in [1.165, 1.54) is 115 Å². The third-order valence-corrected chi connectivity index (χ3v) is 23.8. The van der Waals surface area contributed by atoms with Crippen molar-refractivity contribution in [1.82, 2.24) is 48.2 Å². The van der Waals surface area contributed by atoms with E-state index in [-0.39, 0.29) is 0 Å². The summed E-state index contributed by atoms with van der Waals surface area (Å²) in [5.74, 6) is 3.87. The minimum atomic E-state index is 0.635. The average Bonchev–Trinajstić information content (AvgIpc) is 1.58. The molecule has 24 aromatic rings. The highest BCUT2D eigenvalue weighted by Crippen LogP contribution is 2.43. The molecule has 0 fully saturated rings. The quantitative estimate of drug-likeness (QED) is 0.114. The summed E-state index contributed by atoms with van der Waals surface area (Å²) in [6.07, 6.45) is 0. The van der Waals surface area contributed by atoms with E-state index in [0.29, 0.717) is 34.9 Å². The van der Waals surface area contributed by atoms with Crippen LogP contribution in [0.3, 0.4) is 0 Å². The van der Waals surface area contributed by atoms with E-state index in [9.17, 15) is 0 Å². The van der Waals surface area contributed by atoms with Crippen molar-refractivity contribution in [2.75, 3.05) is 0 Å². The van der Waals surface area contributed by atoms with Gasteiger partial charge in [0.15, 0.2) is 34.9 Å². The summed E-state index contributed by atoms with van der Waals surface area (Å²) in [5, 5.41) is 12.3. The van der Waals surface area contributed by atoms with E-state index >= 15 is 0 Å². The van der Waals surface area contributed by atoms with Crippen LogP contribution in [0.1, 0.15) is 0 Å². The lowest BCUT2D eigenvalue weighted by molar-refractivity contribution is 1.07. The van der Waals surface area contributed by atoms with Crippen LogP contribution >= 0.6 is 0 Å². The summed E-state index contributed by atoms with van der Waals surface area (Å²) in [6.45, 7) is 0. The summed E-state index contributed by atoms with van der Waals surface area (Å²) in [6, 6.07) is 155. The first-order valence-corrected chi connectivity index (χ1v) is 41.2. The summed E-state index contributed by atoms with van der Waals surface area (Å²) < 4.78 is 9.56. The molecule has 0 aliphatic rings. The third-order valence-electron chi connectivity index (χ3n) is 23.8. The molecule has 0 atom stereocenters. The van der Waals surface area contributed by atoms with Crippen LogP contribution in [0.4, 0.5) is 0 Å². The second-order valence-corrected chi connectivity index (χ2v) is 30.9. The summed E-state index contributed by atoms with van der Waals surface area (Å²) in [7, 11) is 0. The van der Waals surface area contributed by atoms with Gasteiger partial charge in [0.1, 0.15) is 0 Å². The number of nitrogens with zero attached hydrogens (tertiary/aromatic N) is 10. The van der Waals surface area contributed by atoms with Gasteiger partial charge in [-0.25, -0.2) is 29.9 Å². The van der Waals surface area contributed by atoms with E-state index < -0.39 is 0 Å². The fourth-order valence-corrected chi connectivity index (χ4v) is 17.9. The van der Waals surface area contributed by atoms with Crippen LogP contribution < -0.4 is 0 Å². The first kappa shape index (κ1) is 70.8. The Labute approximate surface area is 702 Å². The molecule has 10 heteroatoms. The van der Waals surface area contributed by atoms with Crippen molar-refractivity contribution in [2.45, 2.75) is 0 Å². The summed E-state index contributed by atoms with van der Waals surface area (Å²) in [4.78, 5) is 29.6. The van der Waals surface area contributed by atoms with Crippen molar-refractivity contribution in [3.8, 4) is 124 Å². The zero-order chi connectivity index (χ0) is 80.6. The molecule has 6 aromatic heterocycles. The molecule has 0 saturated carbocycles. The van der Waals surface area contributed by atoms with Gasteiger partial charge in [0.05, 0.1) is 49.8 Å². The third kappa shape index (κ3) is 12.5. The normalized spacial score (nSPS) is 11.6. The van der Waals surface area contributed by atoms with Crippen LogP contribution in [-0.2, 0) is 0 Å². The highest BCUT2D eigenvalue weighted by Gasteiger charge is 2.23. The topological polar surface area (TPSA) is 97.1 Å². The van der Waals surface area contributed by atoms with Crippen LogP contribution in [0, 0.1) is 0 Å². The van der Waals surface area contributed by atoms with Crippen molar-refractivity contribution in [3.63, 3.8) is 0 Å². The number of hydrogen-bond donors (Lipinski definition) is 0. The van der Waals surface area contributed by atoms with Gasteiger partial charge in [0.2, 0.25) is 0 Å². The van der Waals surface area contributed by atoms with Gasteiger partial charge >= 0.3 is 0 Å². The fraction of sp³-hybridized carbons (Fsp3) is 0. The second-order valence-electron chi connectivity index (χ2n) is 30.9. The molecule has 0 unspecified atom stereocenters. The van der Waals surface area contributed by atoms with Crippen molar-refractivity contribution >= 4 is 98.0 Å². The van der Waals surface area contributed by atoms with E-state index in [0.717, 1.165) is 72.5 Å². The van der Waals surface area contributed by atoms with Crippen LogP contribution in [0.15, 0.2) is 437 Å². The standard InChI is InChI=1S/C57H37N5.C55H35N5/c1-4-14-38(15-5-1)39-24-30-46(31-25-39)62-51-22-12-10-20-47(51)49-34-28-44(37-54(49)62)43-29-35-53-50(36-43)48-21-11-13-23-52(48)61(53)45-32-26-42(27-33-45)57-59-55(40-16-6-2-7-17-40)58-56(60-57)41-18-8-3-9-19-41;1-3-15-37(16-4-1)53-56-54(38-17-5-2-6-18-38)58-55(57-53)39-26-30-42(31-27-39)59-49-23-11-10-22-45(49)47-34-40(29-33-51(47)59)41-28-32-46-44-21-9-12-24-50(44)60(52(46)35-41)48-25-13-19-36-14-7-8-20-43(36)48/h1-37H;1-35H. The zero-order valence-corrected chi connectivity index (χ0v) is 66.0. The SMILES string of the molecule is c1ccc(-c2ccc(-n3c4ccccc4c4ccc(-c5ccc6c(c5)c5ccccc5n6-c5ccc(-c6nc(-c7ccccc7)nc(-c7ccccc7)n6)cc5)cc43)cc2)cc1.c1ccc(-c2nc(-c3ccccc3)nc(-c3ccc(-n4c5ccccc5c5cc(-c6ccc7c8ccccc8n(-c8cccc9ccccc89)c7c6)ccc54)cc3)n2)cc1. The Bertz CT molecular complexity index is 8020. The van der Waals surface area contributed by atoms with Gasteiger partial charge in [-0.1, -0.05) is 309 Å². The Morgan fingerprint density at radius 3 is 0.754 bits per heavy atom. The molecular weight excluding hydrogens is 1490 g/mol. The van der Waals surface area contributed by atoms with Gasteiger partial charge in [0.25, 0.3) is 0 Å². The molecule has 10 nitrogen and oxygen atoms in total. The van der Waals surface area contributed by atoms with Crippen molar-refractivity contribution in [3.05, 3.63) is 437 Å².